The van der Waals surface area contributed by atoms with Gasteiger partial charge in [-0.25, -0.2) is 0 Å². The maximum atomic E-state index is 12.8. The molecule has 0 saturated carbocycles. The van der Waals surface area contributed by atoms with Crippen molar-refractivity contribution in [1.82, 2.24) is 4.90 Å². The normalized spacial score (nSPS) is 16.6. The van der Waals surface area contributed by atoms with Crippen LogP contribution in [0.1, 0.15) is 12.0 Å². The number of methoxy groups -OCH3 is 1. The fourth-order valence-electron chi connectivity index (χ4n) is 3.35. The van der Waals surface area contributed by atoms with E-state index >= 15 is 0 Å². The van der Waals surface area contributed by atoms with Crippen LogP contribution in [0.4, 0.5) is 5.69 Å². The first-order chi connectivity index (χ1) is 12.6. The highest BCUT2D eigenvalue weighted by atomic mass is 16.5. The topological polar surface area (TPSA) is 49.9 Å². The van der Waals surface area contributed by atoms with Crippen molar-refractivity contribution in [2.24, 2.45) is 5.92 Å². The Kier molecular flexibility index (Phi) is 5.56. The third-order valence-electron chi connectivity index (χ3n) is 4.83. The molecule has 2 aromatic carbocycles. The molecule has 5 heteroatoms. The zero-order valence-corrected chi connectivity index (χ0v) is 15.2. The molecule has 1 atom stereocenters. The molecule has 1 unspecified atom stereocenters. The van der Waals surface area contributed by atoms with E-state index in [0.717, 1.165) is 23.4 Å². The Labute approximate surface area is 154 Å². The summed E-state index contributed by atoms with van der Waals surface area (Å²) in [6, 6.07) is 17.3. The van der Waals surface area contributed by atoms with Gasteiger partial charge in [0.05, 0.1) is 13.0 Å². The number of nitrogens with zero attached hydrogens (tertiary/aromatic N) is 2. The van der Waals surface area contributed by atoms with E-state index in [1.54, 1.807) is 24.0 Å². The zero-order valence-electron chi connectivity index (χ0n) is 15.2. The van der Waals surface area contributed by atoms with E-state index in [-0.39, 0.29) is 24.2 Å². The van der Waals surface area contributed by atoms with Crippen molar-refractivity contribution in [3.8, 4) is 5.75 Å². The van der Waals surface area contributed by atoms with Gasteiger partial charge in [0.1, 0.15) is 5.75 Å². The average Bonchev–Trinajstić information content (AvgIpc) is 3.08. The van der Waals surface area contributed by atoms with E-state index in [2.05, 4.69) is 0 Å². The Morgan fingerprint density at radius 1 is 1.15 bits per heavy atom. The van der Waals surface area contributed by atoms with Crippen LogP contribution in [-0.2, 0) is 16.0 Å². The third kappa shape index (κ3) is 3.87. The van der Waals surface area contributed by atoms with Crippen LogP contribution in [0.5, 0.6) is 5.75 Å². The number of ether oxygens (including phenoxy) is 1. The lowest BCUT2D eigenvalue weighted by Crippen LogP contribution is -2.36. The summed E-state index contributed by atoms with van der Waals surface area (Å²) >= 11 is 0. The molecule has 0 aliphatic carbocycles. The van der Waals surface area contributed by atoms with Crippen molar-refractivity contribution in [2.75, 3.05) is 32.1 Å². The van der Waals surface area contributed by atoms with E-state index in [9.17, 15) is 9.59 Å². The summed E-state index contributed by atoms with van der Waals surface area (Å²) in [6.07, 6.45) is 0.988. The number of likely N-dealkylation sites (N-methyl/N-ethyl adjacent to an activating group) is 1. The van der Waals surface area contributed by atoms with Crippen molar-refractivity contribution in [3.63, 3.8) is 0 Å². The molecule has 2 amide bonds. The van der Waals surface area contributed by atoms with E-state index in [4.69, 9.17) is 4.74 Å². The minimum Gasteiger partial charge on any atom is -0.496 e. The Bertz CT molecular complexity index is 776. The first kappa shape index (κ1) is 18.0. The Morgan fingerprint density at radius 3 is 2.58 bits per heavy atom. The second-order valence-corrected chi connectivity index (χ2v) is 6.56. The lowest BCUT2D eigenvalue weighted by atomic mass is 10.1. The van der Waals surface area contributed by atoms with Gasteiger partial charge in [0, 0.05) is 32.2 Å². The predicted octanol–water partition coefficient (Wildman–Crippen LogP) is 2.75. The van der Waals surface area contributed by atoms with Crippen molar-refractivity contribution >= 4 is 17.5 Å². The lowest BCUT2D eigenvalue weighted by molar-refractivity contribution is -0.134. The molecule has 1 aliphatic heterocycles. The second-order valence-electron chi connectivity index (χ2n) is 6.56. The maximum absolute atomic E-state index is 12.8. The van der Waals surface area contributed by atoms with E-state index < -0.39 is 0 Å². The van der Waals surface area contributed by atoms with Gasteiger partial charge in [-0.2, -0.15) is 0 Å². The summed E-state index contributed by atoms with van der Waals surface area (Å²) in [5.41, 5.74) is 1.92. The number of para-hydroxylation sites is 2. The summed E-state index contributed by atoms with van der Waals surface area (Å²) in [6.45, 7) is 1.04. The Morgan fingerprint density at radius 2 is 1.85 bits per heavy atom. The van der Waals surface area contributed by atoms with Gasteiger partial charge in [-0.3, -0.25) is 9.59 Å². The summed E-state index contributed by atoms with van der Waals surface area (Å²) in [4.78, 5) is 28.5. The molecule has 0 N–H and O–H groups in total. The molecule has 1 fully saturated rings. The first-order valence-electron chi connectivity index (χ1n) is 8.82. The molecule has 0 radical (unpaired) electrons. The van der Waals surface area contributed by atoms with Crippen molar-refractivity contribution < 1.29 is 14.3 Å². The van der Waals surface area contributed by atoms with Gasteiger partial charge in [0.15, 0.2) is 0 Å². The molecule has 0 aromatic heterocycles. The van der Waals surface area contributed by atoms with Gasteiger partial charge in [0.25, 0.3) is 0 Å². The second kappa shape index (κ2) is 8.04. The number of benzene rings is 2. The van der Waals surface area contributed by atoms with Gasteiger partial charge < -0.3 is 14.5 Å². The Balaban J connectivity index is 1.60. The highest BCUT2D eigenvalue weighted by molar-refractivity contribution is 6.00. The molecule has 5 nitrogen and oxygen atoms in total. The molecule has 3 rings (SSSR count). The van der Waals surface area contributed by atoms with Crippen LogP contribution in [0.2, 0.25) is 0 Å². The molecular formula is C21H24N2O3. The quantitative estimate of drug-likeness (QED) is 0.803. The monoisotopic (exact) mass is 352 g/mol. The molecule has 26 heavy (non-hydrogen) atoms. The SMILES string of the molecule is COc1ccccc1CCN(C)C(=O)C1CC(=O)N(c2ccccc2)C1. The summed E-state index contributed by atoms with van der Waals surface area (Å²) in [5.74, 6) is 0.573. The van der Waals surface area contributed by atoms with E-state index in [1.807, 2.05) is 54.6 Å². The minimum atomic E-state index is -0.287. The number of rotatable bonds is 6. The first-order valence-corrected chi connectivity index (χ1v) is 8.82. The summed E-state index contributed by atoms with van der Waals surface area (Å²) in [5, 5.41) is 0. The Hall–Kier alpha value is -2.82. The zero-order chi connectivity index (χ0) is 18.5. The minimum absolute atomic E-state index is 0.00711. The average molecular weight is 352 g/mol. The van der Waals surface area contributed by atoms with Gasteiger partial charge in [-0.15, -0.1) is 0 Å². The third-order valence-corrected chi connectivity index (χ3v) is 4.83. The molecule has 1 aliphatic rings. The molecule has 2 aromatic rings. The molecule has 136 valence electrons. The van der Waals surface area contributed by atoms with Crippen LogP contribution in [0.3, 0.4) is 0 Å². The van der Waals surface area contributed by atoms with Crippen molar-refractivity contribution in [3.05, 3.63) is 60.2 Å². The number of amides is 2. The van der Waals surface area contributed by atoms with E-state index in [1.165, 1.54) is 0 Å². The van der Waals surface area contributed by atoms with Crippen molar-refractivity contribution in [2.45, 2.75) is 12.8 Å². The number of carbonyl (C=O) groups excluding carboxylic acids is 2. The molecule has 0 bridgehead atoms. The fraction of sp³-hybridized carbons (Fsp3) is 0.333. The smallest absolute Gasteiger partial charge is 0.227 e. The van der Waals surface area contributed by atoms with Crippen LogP contribution in [-0.4, -0.2) is 44.0 Å². The highest BCUT2D eigenvalue weighted by Gasteiger charge is 2.36. The van der Waals surface area contributed by atoms with Crippen LogP contribution in [0, 0.1) is 5.92 Å². The largest absolute Gasteiger partial charge is 0.496 e. The van der Waals surface area contributed by atoms with Crippen LogP contribution < -0.4 is 9.64 Å². The number of hydrogen-bond acceptors (Lipinski definition) is 3. The fourth-order valence-corrected chi connectivity index (χ4v) is 3.35. The molecule has 1 heterocycles. The summed E-state index contributed by atoms with van der Waals surface area (Å²) in [7, 11) is 3.45. The molecule has 1 saturated heterocycles. The van der Waals surface area contributed by atoms with Crippen molar-refractivity contribution in [1.29, 1.82) is 0 Å². The van der Waals surface area contributed by atoms with Gasteiger partial charge in [-0.1, -0.05) is 36.4 Å². The van der Waals surface area contributed by atoms with Crippen LogP contribution in [0.25, 0.3) is 0 Å². The standard InChI is InChI=1S/C21H24N2O3/c1-22(13-12-16-8-6-7-11-19(16)26-2)21(25)17-14-20(24)23(15-17)18-9-4-3-5-10-18/h3-11,17H,12-15H2,1-2H3. The molecule has 0 spiro atoms. The highest BCUT2D eigenvalue weighted by Crippen LogP contribution is 2.26. The summed E-state index contributed by atoms with van der Waals surface area (Å²) < 4.78 is 5.36. The van der Waals surface area contributed by atoms with Gasteiger partial charge in [-0.05, 0) is 30.2 Å². The lowest BCUT2D eigenvalue weighted by Gasteiger charge is -2.22. The predicted molar refractivity (Wildman–Crippen MR) is 101 cm³/mol. The number of hydrogen-bond donors (Lipinski definition) is 0. The number of carbonyl (C=O) groups is 2. The van der Waals surface area contributed by atoms with Crippen LogP contribution >= 0.6 is 0 Å². The van der Waals surface area contributed by atoms with E-state index in [0.29, 0.717) is 13.1 Å². The maximum Gasteiger partial charge on any atom is 0.227 e. The number of anilines is 1. The van der Waals surface area contributed by atoms with Crippen LogP contribution in [0.15, 0.2) is 54.6 Å². The molecular weight excluding hydrogens is 328 g/mol. The van der Waals surface area contributed by atoms with Gasteiger partial charge >= 0.3 is 0 Å². The van der Waals surface area contributed by atoms with Gasteiger partial charge in [0.2, 0.25) is 11.8 Å².